The number of carbonyl (C=O) groups is 2. The molecule has 0 saturated carbocycles. The number of aromatic amines is 1. The van der Waals surface area contributed by atoms with E-state index in [0.29, 0.717) is 22.1 Å². The van der Waals surface area contributed by atoms with Crippen LogP contribution >= 0.6 is 23.4 Å². The summed E-state index contributed by atoms with van der Waals surface area (Å²) in [4.78, 5) is 34.9. The molecule has 190 valence electrons. The first-order valence-electron chi connectivity index (χ1n) is 12.0. The van der Waals surface area contributed by atoms with E-state index in [4.69, 9.17) is 11.6 Å². The van der Waals surface area contributed by atoms with Gasteiger partial charge in [0.05, 0.1) is 21.4 Å². The summed E-state index contributed by atoms with van der Waals surface area (Å²) in [5.74, 6) is 0.0868. The highest BCUT2D eigenvalue weighted by Gasteiger charge is 2.24. The number of rotatable bonds is 6. The third-order valence-corrected chi connectivity index (χ3v) is 8.11. The molecule has 37 heavy (non-hydrogen) atoms. The van der Waals surface area contributed by atoms with E-state index in [1.165, 1.54) is 11.8 Å². The lowest BCUT2D eigenvalue weighted by atomic mass is 9.94. The maximum absolute atomic E-state index is 13.2. The number of carbonyl (C=O) groups excluding carboxylic acids is 2. The Hall–Kier alpha value is -3.33. The highest BCUT2D eigenvalue weighted by atomic mass is 35.5. The Morgan fingerprint density at radius 3 is 2.62 bits per heavy atom. The van der Waals surface area contributed by atoms with Crippen molar-refractivity contribution in [1.82, 2.24) is 19.4 Å². The fourth-order valence-electron chi connectivity index (χ4n) is 4.95. The zero-order valence-corrected chi connectivity index (χ0v) is 22.8. The number of amides is 1. The number of aldehydes is 1. The highest BCUT2D eigenvalue weighted by Crippen LogP contribution is 2.39. The van der Waals surface area contributed by atoms with Gasteiger partial charge in [-0.1, -0.05) is 41.9 Å². The summed E-state index contributed by atoms with van der Waals surface area (Å²) in [5, 5.41) is 4.27. The fourth-order valence-corrected chi connectivity index (χ4v) is 5.78. The van der Waals surface area contributed by atoms with Gasteiger partial charge in [0.15, 0.2) is 12.1 Å². The van der Waals surface area contributed by atoms with Crippen LogP contribution in [0.4, 0.5) is 5.69 Å². The Morgan fingerprint density at radius 1 is 1.16 bits per heavy atom. The number of nitrogens with one attached hydrogen (secondary N) is 2. The van der Waals surface area contributed by atoms with Crippen molar-refractivity contribution in [3.05, 3.63) is 75.8 Å². The fraction of sp³-hybridized carbons (Fsp3) is 0.250. The average Bonchev–Trinajstić information content (AvgIpc) is 3.46. The molecule has 2 N–H and O–H groups in total. The van der Waals surface area contributed by atoms with Gasteiger partial charge in [-0.15, -0.1) is 11.8 Å². The summed E-state index contributed by atoms with van der Waals surface area (Å²) in [7, 11) is 3.94. The molecule has 0 unspecified atom stereocenters. The number of halogens is 1. The molecule has 2 aromatic heterocycles. The Labute approximate surface area is 225 Å². The number of fused-ring (bicyclic) bond motifs is 1. The number of imidazole rings is 1. The number of likely N-dealkylation sites (N-methyl/N-ethyl adjacent to an activating group) is 1. The zero-order chi connectivity index (χ0) is 26.3. The van der Waals surface area contributed by atoms with Crippen LogP contribution in [0.15, 0.2) is 47.5 Å². The van der Waals surface area contributed by atoms with Crippen LogP contribution in [0.1, 0.15) is 37.9 Å². The van der Waals surface area contributed by atoms with Gasteiger partial charge in [-0.2, -0.15) is 0 Å². The molecule has 0 atom stereocenters. The van der Waals surface area contributed by atoms with Crippen LogP contribution in [-0.2, 0) is 20.0 Å². The third-order valence-electron chi connectivity index (χ3n) is 6.95. The predicted molar refractivity (Wildman–Crippen MR) is 150 cm³/mol. The van der Waals surface area contributed by atoms with Gasteiger partial charge in [-0.3, -0.25) is 9.59 Å². The maximum Gasteiger partial charge on any atom is 0.291 e. The topological polar surface area (TPSA) is 83.0 Å². The average molecular weight is 534 g/mol. The normalized spacial score (nSPS) is 13.4. The van der Waals surface area contributed by atoms with Crippen LogP contribution < -0.4 is 5.32 Å². The second kappa shape index (κ2) is 10.2. The molecule has 0 spiro atoms. The van der Waals surface area contributed by atoms with Crippen LogP contribution in [0.2, 0.25) is 5.02 Å². The Morgan fingerprint density at radius 2 is 1.89 bits per heavy atom. The summed E-state index contributed by atoms with van der Waals surface area (Å²) in [6, 6.07) is 13.5. The Balaban J connectivity index is 1.48. The second-order valence-electron chi connectivity index (χ2n) is 9.26. The first-order valence-corrected chi connectivity index (χ1v) is 13.6. The Bertz CT molecular complexity index is 1520. The molecule has 0 saturated heterocycles. The summed E-state index contributed by atoms with van der Waals surface area (Å²) < 4.78 is 1.88. The van der Waals surface area contributed by atoms with E-state index in [1.807, 2.05) is 61.2 Å². The van der Waals surface area contributed by atoms with Crippen molar-refractivity contribution in [2.75, 3.05) is 25.2 Å². The van der Waals surface area contributed by atoms with E-state index in [-0.39, 0.29) is 5.91 Å². The van der Waals surface area contributed by atoms with E-state index >= 15 is 0 Å². The van der Waals surface area contributed by atoms with Crippen molar-refractivity contribution in [3.8, 4) is 22.4 Å². The van der Waals surface area contributed by atoms with E-state index in [2.05, 4.69) is 27.2 Å². The minimum atomic E-state index is -0.290. The van der Waals surface area contributed by atoms with E-state index < -0.39 is 0 Å². The summed E-state index contributed by atoms with van der Waals surface area (Å²) >= 11 is 8.38. The van der Waals surface area contributed by atoms with E-state index in [0.717, 1.165) is 70.2 Å². The molecule has 4 aromatic rings. The molecule has 0 fully saturated rings. The van der Waals surface area contributed by atoms with Crippen LogP contribution in [0, 0.1) is 6.92 Å². The SMILES string of the molecule is CSc1[nH]c(-c2cccc(-c3cccc(NC(=O)c4nc5c(n4C)CCN(C)C5)c3Cl)c2C)cc1C=O. The van der Waals surface area contributed by atoms with Gasteiger partial charge in [-0.05, 0) is 43.5 Å². The van der Waals surface area contributed by atoms with Gasteiger partial charge in [0.25, 0.3) is 5.91 Å². The van der Waals surface area contributed by atoms with E-state index in [1.54, 1.807) is 6.07 Å². The molecular formula is C28H28ClN5O2S. The van der Waals surface area contributed by atoms with Crippen molar-refractivity contribution >= 4 is 41.2 Å². The number of aromatic nitrogens is 3. The monoisotopic (exact) mass is 533 g/mol. The molecule has 1 aliphatic rings. The van der Waals surface area contributed by atoms with Gasteiger partial charge >= 0.3 is 0 Å². The zero-order valence-electron chi connectivity index (χ0n) is 21.2. The molecule has 0 bridgehead atoms. The first kappa shape index (κ1) is 25.3. The molecule has 9 heteroatoms. The van der Waals surface area contributed by atoms with Gasteiger partial charge in [-0.25, -0.2) is 4.98 Å². The highest BCUT2D eigenvalue weighted by molar-refractivity contribution is 7.98. The first-order chi connectivity index (χ1) is 17.8. The smallest absolute Gasteiger partial charge is 0.291 e. The number of anilines is 1. The number of hydrogen-bond donors (Lipinski definition) is 2. The maximum atomic E-state index is 13.2. The van der Waals surface area contributed by atoms with Crippen LogP contribution in [0.5, 0.6) is 0 Å². The third kappa shape index (κ3) is 4.61. The predicted octanol–water partition coefficient (Wildman–Crippen LogP) is 5.82. The minimum Gasteiger partial charge on any atom is -0.349 e. The second-order valence-corrected chi connectivity index (χ2v) is 10.5. The lowest BCUT2D eigenvalue weighted by molar-refractivity contribution is 0.101. The minimum absolute atomic E-state index is 0.290. The summed E-state index contributed by atoms with van der Waals surface area (Å²) in [6.07, 6.45) is 3.66. The number of H-pyrrole nitrogens is 1. The molecule has 1 amide bonds. The van der Waals surface area contributed by atoms with Crippen LogP contribution in [0.3, 0.4) is 0 Å². The number of nitrogens with zero attached hydrogens (tertiary/aromatic N) is 3. The molecule has 3 heterocycles. The standard InChI is InChI=1S/C28H28ClN5O2S/c1-16-18(7-5-8-19(16)22-13-17(15-35)28(32-22)37-4)20-9-6-10-21(25(20)29)31-27(36)26-30-23-14-33(2)12-11-24(23)34(26)3/h5-10,13,15,32H,11-12,14H2,1-4H3,(H,31,36). The molecule has 5 rings (SSSR count). The molecular weight excluding hydrogens is 506 g/mol. The van der Waals surface area contributed by atoms with Gasteiger partial charge in [0, 0.05) is 54.6 Å². The largest absolute Gasteiger partial charge is 0.349 e. The lowest BCUT2D eigenvalue weighted by Crippen LogP contribution is -2.27. The molecule has 1 aliphatic heterocycles. The van der Waals surface area contributed by atoms with Crippen molar-refractivity contribution in [3.63, 3.8) is 0 Å². The van der Waals surface area contributed by atoms with E-state index in [9.17, 15) is 9.59 Å². The Kier molecular flexibility index (Phi) is 6.98. The summed E-state index contributed by atoms with van der Waals surface area (Å²) in [6.45, 7) is 3.70. The van der Waals surface area contributed by atoms with Gasteiger partial charge in [0.2, 0.25) is 0 Å². The van der Waals surface area contributed by atoms with Gasteiger partial charge in [0.1, 0.15) is 0 Å². The quantitative estimate of drug-likeness (QED) is 0.241. The van der Waals surface area contributed by atoms with Crippen LogP contribution in [0.25, 0.3) is 22.4 Å². The molecule has 2 aromatic carbocycles. The number of thioether (sulfide) groups is 1. The van der Waals surface area contributed by atoms with Gasteiger partial charge < -0.3 is 19.8 Å². The van der Waals surface area contributed by atoms with Crippen molar-refractivity contribution in [2.45, 2.75) is 24.9 Å². The number of hydrogen-bond acceptors (Lipinski definition) is 5. The molecule has 0 aliphatic carbocycles. The van der Waals surface area contributed by atoms with Crippen molar-refractivity contribution in [1.29, 1.82) is 0 Å². The molecule has 7 nitrogen and oxygen atoms in total. The number of benzene rings is 2. The van der Waals surface area contributed by atoms with Crippen molar-refractivity contribution < 1.29 is 9.59 Å². The lowest BCUT2D eigenvalue weighted by Gasteiger charge is -2.21. The van der Waals surface area contributed by atoms with Crippen LogP contribution in [-0.4, -0.2) is 51.5 Å². The molecule has 0 radical (unpaired) electrons. The van der Waals surface area contributed by atoms with Crippen molar-refractivity contribution in [2.24, 2.45) is 7.05 Å². The summed E-state index contributed by atoms with van der Waals surface area (Å²) in [5.41, 5.74) is 7.83.